The van der Waals surface area contributed by atoms with Crippen LogP contribution in [-0.4, -0.2) is 66.2 Å². The summed E-state index contributed by atoms with van der Waals surface area (Å²) < 4.78 is 4.82. The Bertz CT molecular complexity index is 1110. The molecule has 2 aromatic rings. The Morgan fingerprint density at radius 1 is 1.15 bits per heavy atom. The molecule has 3 rings (SSSR count). The number of rotatable bonds is 9. The van der Waals surface area contributed by atoms with Gasteiger partial charge in [0.15, 0.2) is 6.04 Å². The third-order valence-electron chi connectivity index (χ3n) is 5.20. The van der Waals surface area contributed by atoms with Crippen molar-refractivity contribution in [2.75, 3.05) is 26.7 Å². The van der Waals surface area contributed by atoms with E-state index in [9.17, 15) is 19.2 Å². The van der Waals surface area contributed by atoms with Crippen LogP contribution in [-0.2, 0) is 19.1 Å². The Kier molecular flexibility index (Phi) is 7.75. The molecule has 1 aliphatic heterocycles. The number of benzene rings is 2. The third-order valence-corrected chi connectivity index (χ3v) is 5.20. The van der Waals surface area contributed by atoms with E-state index >= 15 is 0 Å². The molecular formula is C24H25N5O5. The molecule has 1 unspecified atom stereocenters. The number of nitrogens with one attached hydrogen (secondary N) is 2. The van der Waals surface area contributed by atoms with Crippen molar-refractivity contribution in [1.82, 2.24) is 15.1 Å². The lowest BCUT2D eigenvalue weighted by molar-refractivity contribution is -0.149. The number of hydrogen-bond acceptors (Lipinski definition) is 6. The standard InChI is InChI=1S/C24H25N5O5/c1-34-23(32)21(17-5-3-2-4-6-17)29-20(31)15-28(24(29)33)14-13-27-19(30)12-9-16-7-10-18(11-8-16)22(25)26/h2-12,21H,13-15H2,1H3,(H3,25,26)(H,27,30). The fourth-order valence-corrected chi connectivity index (χ4v) is 3.45. The van der Waals surface area contributed by atoms with Gasteiger partial charge < -0.3 is 20.7 Å². The second kappa shape index (κ2) is 10.9. The van der Waals surface area contributed by atoms with Crippen molar-refractivity contribution >= 4 is 35.7 Å². The maximum absolute atomic E-state index is 12.9. The molecule has 2 aromatic carbocycles. The van der Waals surface area contributed by atoms with E-state index in [2.05, 4.69) is 5.32 Å². The Hall–Kier alpha value is -4.47. The SMILES string of the molecule is COC(=O)C(c1ccccc1)N1C(=O)CN(CCNC(=O)C=Cc2ccc(C(=N)N)cc2)C1=O. The van der Waals surface area contributed by atoms with E-state index in [1.165, 1.54) is 18.1 Å². The number of nitrogens with two attached hydrogens (primary N) is 1. The minimum absolute atomic E-state index is 0.0385. The highest BCUT2D eigenvalue weighted by molar-refractivity contribution is 6.05. The number of esters is 1. The summed E-state index contributed by atoms with van der Waals surface area (Å²) in [6.45, 7) is 0.0115. The van der Waals surface area contributed by atoms with E-state index in [-0.39, 0.29) is 31.4 Å². The van der Waals surface area contributed by atoms with Gasteiger partial charge in [-0.05, 0) is 17.2 Å². The minimum Gasteiger partial charge on any atom is -0.467 e. The number of carbonyl (C=O) groups is 4. The molecule has 176 valence electrons. The predicted molar refractivity (Wildman–Crippen MR) is 125 cm³/mol. The predicted octanol–water partition coefficient (Wildman–Crippen LogP) is 1.28. The molecule has 4 amide bonds. The van der Waals surface area contributed by atoms with Gasteiger partial charge in [0.2, 0.25) is 5.91 Å². The van der Waals surface area contributed by atoms with Crippen molar-refractivity contribution < 1.29 is 23.9 Å². The fourth-order valence-electron chi connectivity index (χ4n) is 3.45. The number of nitrogens with zero attached hydrogens (tertiary/aromatic N) is 2. The van der Waals surface area contributed by atoms with Crippen LogP contribution in [0.4, 0.5) is 4.79 Å². The number of urea groups is 1. The lowest BCUT2D eigenvalue weighted by atomic mass is 10.1. The van der Waals surface area contributed by atoms with Gasteiger partial charge in [-0.1, -0.05) is 54.6 Å². The lowest BCUT2D eigenvalue weighted by Gasteiger charge is -2.24. The Balaban J connectivity index is 1.57. The summed E-state index contributed by atoms with van der Waals surface area (Å²) in [5.41, 5.74) is 7.22. The van der Waals surface area contributed by atoms with Gasteiger partial charge in [-0.2, -0.15) is 0 Å². The summed E-state index contributed by atoms with van der Waals surface area (Å²) in [6.07, 6.45) is 2.95. The fraction of sp³-hybridized carbons (Fsp3) is 0.208. The summed E-state index contributed by atoms with van der Waals surface area (Å²) in [5, 5.41) is 10.0. The van der Waals surface area contributed by atoms with Crippen LogP contribution in [0.3, 0.4) is 0 Å². The van der Waals surface area contributed by atoms with Crippen LogP contribution in [0.15, 0.2) is 60.7 Å². The van der Waals surface area contributed by atoms with Crippen LogP contribution >= 0.6 is 0 Å². The van der Waals surface area contributed by atoms with Crippen molar-refractivity contribution in [3.05, 3.63) is 77.4 Å². The quantitative estimate of drug-likeness (QED) is 0.168. The van der Waals surface area contributed by atoms with E-state index in [0.717, 1.165) is 10.5 Å². The van der Waals surface area contributed by atoms with E-state index in [4.69, 9.17) is 15.9 Å². The third kappa shape index (κ3) is 5.66. The Labute approximate surface area is 196 Å². The first kappa shape index (κ1) is 24.2. The topological polar surface area (TPSA) is 146 Å². The van der Waals surface area contributed by atoms with Crippen molar-refractivity contribution in [1.29, 1.82) is 5.41 Å². The average molecular weight is 463 g/mol. The van der Waals surface area contributed by atoms with Gasteiger partial charge in [0.25, 0.3) is 5.91 Å². The van der Waals surface area contributed by atoms with Crippen molar-refractivity contribution in [3.8, 4) is 0 Å². The molecule has 0 saturated carbocycles. The Morgan fingerprint density at radius 3 is 2.44 bits per heavy atom. The molecule has 0 bridgehead atoms. The first-order chi connectivity index (χ1) is 16.3. The van der Waals surface area contributed by atoms with Crippen molar-refractivity contribution in [3.63, 3.8) is 0 Å². The largest absolute Gasteiger partial charge is 0.467 e. The maximum atomic E-state index is 12.9. The van der Waals surface area contributed by atoms with Gasteiger partial charge in [0, 0.05) is 24.7 Å². The van der Waals surface area contributed by atoms with Crippen LogP contribution in [0.2, 0.25) is 0 Å². The first-order valence-electron chi connectivity index (χ1n) is 10.5. The molecule has 10 nitrogen and oxygen atoms in total. The number of carbonyl (C=O) groups excluding carboxylic acids is 4. The number of amides is 4. The summed E-state index contributed by atoms with van der Waals surface area (Å²) in [5.74, 6) is -1.65. The summed E-state index contributed by atoms with van der Waals surface area (Å²) in [7, 11) is 1.20. The van der Waals surface area contributed by atoms with Crippen LogP contribution in [0.25, 0.3) is 6.08 Å². The number of amidine groups is 1. The van der Waals surface area contributed by atoms with E-state index in [0.29, 0.717) is 11.1 Å². The summed E-state index contributed by atoms with van der Waals surface area (Å²) in [6, 6.07) is 13.5. The molecule has 10 heteroatoms. The molecule has 1 atom stereocenters. The number of ether oxygens (including phenoxy) is 1. The average Bonchev–Trinajstić information content (AvgIpc) is 3.11. The molecule has 1 fully saturated rings. The van der Waals surface area contributed by atoms with E-state index < -0.39 is 23.9 Å². The number of nitrogen functional groups attached to an aromatic ring is 1. The maximum Gasteiger partial charge on any atom is 0.333 e. The van der Waals surface area contributed by atoms with Crippen LogP contribution in [0.5, 0.6) is 0 Å². The minimum atomic E-state index is -1.18. The zero-order valence-electron chi connectivity index (χ0n) is 18.6. The molecule has 0 radical (unpaired) electrons. The van der Waals surface area contributed by atoms with Gasteiger partial charge in [-0.25, -0.2) is 14.5 Å². The number of imide groups is 1. The van der Waals surface area contributed by atoms with Gasteiger partial charge in [-0.3, -0.25) is 15.0 Å². The van der Waals surface area contributed by atoms with Gasteiger partial charge in [-0.15, -0.1) is 0 Å². The Morgan fingerprint density at radius 2 is 1.82 bits per heavy atom. The first-order valence-corrected chi connectivity index (χ1v) is 10.5. The van der Waals surface area contributed by atoms with Crippen molar-refractivity contribution in [2.24, 2.45) is 5.73 Å². The highest BCUT2D eigenvalue weighted by Crippen LogP contribution is 2.27. The van der Waals surface area contributed by atoms with Gasteiger partial charge in [0.05, 0.1) is 7.11 Å². The van der Waals surface area contributed by atoms with Crippen LogP contribution < -0.4 is 11.1 Å². The molecule has 1 aliphatic rings. The van der Waals surface area contributed by atoms with Gasteiger partial charge >= 0.3 is 12.0 Å². The molecule has 1 saturated heterocycles. The highest BCUT2D eigenvalue weighted by Gasteiger charge is 2.44. The van der Waals surface area contributed by atoms with E-state index in [1.54, 1.807) is 60.7 Å². The van der Waals surface area contributed by atoms with Crippen molar-refractivity contribution in [2.45, 2.75) is 6.04 Å². The second-order valence-corrected chi connectivity index (χ2v) is 7.46. The van der Waals surface area contributed by atoms with Gasteiger partial charge in [0.1, 0.15) is 12.4 Å². The van der Waals surface area contributed by atoms with E-state index in [1.807, 2.05) is 0 Å². The summed E-state index contributed by atoms with van der Waals surface area (Å²) >= 11 is 0. The lowest BCUT2D eigenvalue weighted by Crippen LogP contribution is -2.41. The zero-order chi connectivity index (χ0) is 24.7. The normalized spacial score (nSPS) is 14.4. The monoisotopic (exact) mass is 463 g/mol. The summed E-state index contributed by atoms with van der Waals surface area (Å²) in [4.78, 5) is 52.1. The molecule has 4 N–H and O–H groups in total. The smallest absolute Gasteiger partial charge is 0.333 e. The zero-order valence-corrected chi connectivity index (χ0v) is 18.6. The van der Waals surface area contributed by atoms with Crippen LogP contribution in [0, 0.1) is 5.41 Å². The molecular weight excluding hydrogens is 438 g/mol. The molecule has 0 aromatic heterocycles. The highest BCUT2D eigenvalue weighted by atomic mass is 16.5. The second-order valence-electron chi connectivity index (χ2n) is 7.46. The molecule has 0 spiro atoms. The molecule has 34 heavy (non-hydrogen) atoms. The number of hydrogen-bond donors (Lipinski definition) is 3. The molecule has 0 aliphatic carbocycles. The number of methoxy groups -OCH3 is 1. The van der Waals surface area contributed by atoms with Crippen LogP contribution in [0.1, 0.15) is 22.7 Å². The molecule has 1 heterocycles.